The van der Waals surface area contributed by atoms with E-state index in [1.165, 1.54) is 0 Å². The summed E-state index contributed by atoms with van der Waals surface area (Å²) >= 11 is 0. The van der Waals surface area contributed by atoms with Gasteiger partial charge in [-0.05, 0) is 202 Å². The summed E-state index contributed by atoms with van der Waals surface area (Å²) in [6.07, 6.45) is 26.3. The molecule has 0 fully saturated rings. The predicted molar refractivity (Wildman–Crippen MR) is 502 cm³/mol. The Bertz CT molecular complexity index is 5710. The predicted octanol–water partition coefficient (Wildman–Crippen LogP) is 22.9. The molecule has 27 nitrogen and oxygen atoms in total. The van der Waals surface area contributed by atoms with E-state index in [4.69, 9.17) is 67.0 Å². The number of pyridine rings is 2. The summed E-state index contributed by atoms with van der Waals surface area (Å²) in [6.45, 7) is 12.6. The molecule has 0 spiro atoms. The minimum absolute atomic E-state index is 0.203. The van der Waals surface area contributed by atoms with Crippen LogP contribution in [0.15, 0.2) is 292 Å². The first-order valence-electron chi connectivity index (χ1n) is 44.4. The lowest BCUT2D eigenvalue weighted by atomic mass is 10.1. The number of hydrogen-bond donors (Lipinski definition) is 4. The van der Waals surface area contributed by atoms with Gasteiger partial charge in [0, 0.05) is 118 Å². The number of carboxylic acid groups (broad SMARTS) is 4. The van der Waals surface area contributed by atoms with Gasteiger partial charge in [-0.3, -0.25) is 29.1 Å². The molecule has 0 saturated carbocycles. The third-order valence-electron chi connectivity index (χ3n) is 21.7. The Hall–Kier alpha value is -15.4. The van der Waals surface area contributed by atoms with E-state index < -0.39 is 23.9 Å². The number of furan rings is 4. The van der Waals surface area contributed by atoms with Gasteiger partial charge in [0.05, 0.1) is 89.0 Å². The fraction of sp³-hybridized carbons (Fsp3) is 0.267. The topological polar surface area (TPSA) is 349 Å². The first kappa shape index (κ1) is 94.2. The van der Waals surface area contributed by atoms with Crippen molar-refractivity contribution >= 4 is 23.9 Å². The lowest BCUT2D eigenvalue weighted by Crippen LogP contribution is -2.07. The highest BCUT2D eigenvalue weighted by molar-refractivity contribution is 5.70. The Morgan fingerprint density at radius 1 is 0.303 bits per heavy atom. The van der Waals surface area contributed by atoms with Crippen molar-refractivity contribution in [1.29, 1.82) is 0 Å². The van der Waals surface area contributed by atoms with Crippen molar-refractivity contribution in [3.05, 3.63) is 320 Å². The molecular weight excluding hydrogens is 1670 g/mol. The number of ether oxygens (including phenoxy) is 4. The van der Waals surface area contributed by atoms with Gasteiger partial charge in [-0.15, -0.1) is 10.2 Å². The summed E-state index contributed by atoms with van der Waals surface area (Å²) in [5, 5.41) is 43.7. The molecule has 680 valence electrons. The lowest BCUT2D eigenvalue weighted by Gasteiger charge is -2.15. The third-order valence-corrected chi connectivity index (χ3v) is 21.7. The minimum atomic E-state index is -0.753. The fourth-order valence-electron chi connectivity index (χ4n) is 14.9. The molecule has 0 unspecified atom stereocenters. The maximum absolute atomic E-state index is 10.6. The van der Waals surface area contributed by atoms with E-state index >= 15 is 0 Å². The van der Waals surface area contributed by atoms with E-state index in [0.29, 0.717) is 78.3 Å². The molecule has 10 aromatic heterocycles. The molecule has 0 radical (unpaired) electrons. The van der Waals surface area contributed by atoms with Crippen LogP contribution in [0.2, 0.25) is 0 Å². The number of carboxylic acids is 4. The van der Waals surface area contributed by atoms with Crippen LogP contribution in [0, 0.1) is 27.7 Å². The molecule has 0 atom stereocenters. The van der Waals surface area contributed by atoms with Crippen LogP contribution in [-0.4, -0.2) is 124 Å². The van der Waals surface area contributed by atoms with E-state index in [2.05, 4.69) is 73.9 Å². The van der Waals surface area contributed by atoms with E-state index in [9.17, 15) is 19.2 Å². The van der Waals surface area contributed by atoms with Gasteiger partial charge in [-0.2, -0.15) is 0 Å². The van der Waals surface area contributed by atoms with Gasteiger partial charge >= 0.3 is 23.9 Å². The van der Waals surface area contributed by atoms with Crippen LogP contribution in [0.4, 0.5) is 0 Å². The summed E-state index contributed by atoms with van der Waals surface area (Å²) in [7, 11) is 0. The zero-order valence-corrected chi connectivity index (χ0v) is 74.6. The molecule has 4 N–H and O–H groups in total. The summed E-state index contributed by atoms with van der Waals surface area (Å²) in [5.74, 6) is 7.66. The van der Waals surface area contributed by atoms with E-state index in [1.54, 1.807) is 37.4 Å². The Labute approximate surface area is 766 Å². The van der Waals surface area contributed by atoms with Crippen LogP contribution in [0.3, 0.4) is 0 Å². The van der Waals surface area contributed by atoms with Crippen LogP contribution in [0.5, 0.6) is 23.0 Å². The van der Waals surface area contributed by atoms with Gasteiger partial charge in [-0.25, -0.2) is 15.0 Å². The molecule has 0 aliphatic rings. The Morgan fingerprint density at radius 2 is 0.629 bits per heavy atom. The average Bonchev–Trinajstić information content (AvgIpc) is 1.67. The fourth-order valence-corrected chi connectivity index (χ4v) is 14.9. The molecule has 0 aliphatic heterocycles. The molecule has 16 aromatic rings. The lowest BCUT2D eigenvalue weighted by molar-refractivity contribution is -0.138. The van der Waals surface area contributed by atoms with Gasteiger partial charge in [-0.1, -0.05) is 121 Å². The first-order chi connectivity index (χ1) is 64.4. The molecular formula is C105H109N11O16. The molecule has 6 aromatic carbocycles. The van der Waals surface area contributed by atoms with Crippen molar-refractivity contribution in [2.75, 3.05) is 26.4 Å². The Morgan fingerprint density at radius 3 is 0.992 bits per heavy atom. The van der Waals surface area contributed by atoms with Crippen molar-refractivity contribution in [1.82, 2.24) is 53.4 Å². The van der Waals surface area contributed by atoms with E-state index in [1.807, 2.05) is 234 Å². The largest absolute Gasteiger partial charge is 0.493 e. The second-order valence-electron chi connectivity index (χ2n) is 31.7. The van der Waals surface area contributed by atoms with Crippen molar-refractivity contribution < 1.29 is 76.2 Å². The van der Waals surface area contributed by atoms with Crippen molar-refractivity contribution in [2.24, 2.45) is 0 Å². The maximum Gasteiger partial charge on any atom is 0.303 e. The number of para-hydroxylation sites is 4. The average molecular weight is 1780 g/mol. The molecule has 0 amide bonds. The van der Waals surface area contributed by atoms with Gasteiger partial charge in [0.15, 0.2) is 17.5 Å². The molecule has 16 rings (SSSR count). The number of aliphatic carboxylic acids is 4. The van der Waals surface area contributed by atoms with Crippen molar-refractivity contribution in [3.63, 3.8) is 0 Å². The second-order valence-corrected chi connectivity index (χ2v) is 31.7. The minimum Gasteiger partial charge on any atom is -0.493 e. The SMILES string of the molecule is Cc1cn(Cc2ccccc2OCCCCCC(=O)O)c(-c2ccc(-c3ccco3)cc2)n1.Cc1cn(Cc2ccccc2OCCCCCC(=O)O)c(-c2ccc(-c3ccco3)cn2)n1.Cc1cnc(-c2ccc(-c3ccco3)cn2)n1Cc1ccccc1OCCCCCC(=O)O.Cc1nnc(-c2ccc(-c3ccco3)cc2)n1Cc1ccccc1OCCCCCC(=O)O. The molecule has 0 saturated heterocycles. The zero-order chi connectivity index (χ0) is 92.2. The van der Waals surface area contributed by atoms with Crippen molar-refractivity contribution in [3.8, 4) is 114 Å². The molecule has 27 heteroatoms. The maximum atomic E-state index is 10.6. The number of aromatic nitrogens is 11. The number of imidazole rings is 3. The van der Waals surface area contributed by atoms with Crippen LogP contribution in [-0.2, 0) is 45.4 Å². The van der Waals surface area contributed by atoms with Crippen LogP contribution < -0.4 is 18.9 Å². The highest BCUT2D eigenvalue weighted by atomic mass is 16.5. The summed E-state index contributed by atoms with van der Waals surface area (Å²) in [6, 6.07) is 71.3. The standard InChI is InChI=1S/C27H28N2O4.3C26H27N3O4/c1-20-18-29(27(28-20)22-14-12-21(13-15-22)24-10-7-17-33-24)19-23-8-4-5-9-25(23)32-16-6-2-3-11-26(30)31;1-19-27-28-26(21-14-12-20(13-15-21)23-10-7-17-33-23)29(19)18-22-8-4-5-9-24(22)32-16-6-2-3-11-25(30)31;1-19-17-29(26(28-19)22-13-12-20(16-27-22)23-10-7-15-33-23)18-21-8-4-5-9-24(21)32-14-6-2-3-11-25(30)31;1-19-16-28-26(22-13-12-20(17-27-22)23-10-7-15-33-23)29(19)18-21-8-4-5-9-24(21)32-14-6-2-3-11-25(30)31/h4-5,7-10,12-15,17-18H,2-3,6,11,16,19H2,1H3,(H,30,31);4-5,7-10,12-15,17H,2-3,6,11,16,18H2,1H3,(H,30,31);2*4-5,7-10,12-13,15-17H,2-3,6,11,14,18H2,1H3,(H,30,31). The summed E-state index contributed by atoms with van der Waals surface area (Å²) in [5.41, 5.74) is 14.6. The number of hydrogen-bond acceptors (Lipinski definition) is 19. The monoisotopic (exact) mass is 1780 g/mol. The Kier molecular flexibility index (Phi) is 34.7. The van der Waals surface area contributed by atoms with Gasteiger partial charge in [0.25, 0.3) is 0 Å². The number of nitrogens with zero attached hydrogens (tertiary/aromatic N) is 11. The van der Waals surface area contributed by atoms with E-state index in [0.717, 1.165) is 211 Å². The normalized spacial score (nSPS) is 10.9. The third kappa shape index (κ3) is 27.8. The highest BCUT2D eigenvalue weighted by Gasteiger charge is 2.21. The van der Waals surface area contributed by atoms with Crippen LogP contribution in [0.1, 0.15) is 148 Å². The summed E-state index contributed by atoms with van der Waals surface area (Å²) < 4.78 is 54.4. The highest BCUT2D eigenvalue weighted by Crippen LogP contribution is 2.34. The van der Waals surface area contributed by atoms with Gasteiger partial charge < -0.3 is 75.3 Å². The smallest absolute Gasteiger partial charge is 0.303 e. The summed E-state index contributed by atoms with van der Waals surface area (Å²) in [4.78, 5) is 65.8. The molecule has 132 heavy (non-hydrogen) atoms. The number of rotatable bonds is 44. The molecule has 0 aliphatic carbocycles. The van der Waals surface area contributed by atoms with Gasteiger partial charge in [0.1, 0.15) is 69.1 Å². The van der Waals surface area contributed by atoms with Crippen LogP contribution in [0.25, 0.3) is 91.1 Å². The molecule has 10 heterocycles. The number of aryl methyl sites for hydroxylation is 4. The van der Waals surface area contributed by atoms with E-state index in [-0.39, 0.29) is 25.7 Å². The number of benzene rings is 6. The number of unbranched alkanes of at least 4 members (excludes halogenated alkanes) is 8. The Balaban J connectivity index is 0.000000150. The zero-order valence-electron chi connectivity index (χ0n) is 74.6. The molecule has 0 bridgehead atoms. The van der Waals surface area contributed by atoms with Crippen molar-refractivity contribution in [2.45, 2.75) is 157 Å². The number of carbonyl (C=O) groups is 4. The quantitative estimate of drug-likeness (QED) is 0.0258. The first-order valence-corrected chi connectivity index (χ1v) is 44.4. The second kappa shape index (κ2) is 48.7. The van der Waals surface area contributed by atoms with Gasteiger partial charge in [0.2, 0.25) is 0 Å². The van der Waals surface area contributed by atoms with Crippen LogP contribution >= 0.6 is 0 Å².